The second-order valence-corrected chi connectivity index (χ2v) is 9.70. The summed E-state index contributed by atoms with van der Waals surface area (Å²) in [7, 11) is 0. The predicted octanol–water partition coefficient (Wildman–Crippen LogP) is 3.89. The summed E-state index contributed by atoms with van der Waals surface area (Å²) in [5.41, 5.74) is 2.99. The van der Waals surface area contributed by atoms with Gasteiger partial charge in [-0.2, -0.15) is 0 Å². The van der Waals surface area contributed by atoms with Crippen LogP contribution in [0.2, 0.25) is 0 Å². The van der Waals surface area contributed by atoms with E-state index in [-0.39, 0.29) is 11.3 Å². The van der Waals surface area contributed by atoms with E-state index < -0.39 is 0 Å². The molecule has 1 aromatic rings. The Morgan fingerprint density at radius 3 is 2.46 bits per heavy atom. The third kappa shape index (κ3) is 3.46. The first kappa shape index (κ1) is 18.2. The Bertz CT molecular complexity index is 758. The Morgan fingerprint density at radius 1 is 1.04 bits per heavy atom. The maximum absolute atomic E-state index is 12.6. The van der Waals surface area contributed by atoms with Gasteiger partial charge in [-0.15, -0.1) is 0 Å². The summed E-state index contributed by atoms with van der Waals surface area (Å²) in [4.78, 5) is 27.2. The number of nitrogens with zero attached hydrogens (tertiary/aromatic N) is 1. The van der Waals surface area contributed by atoms with E-state index in [1.165, 1.54) is 30.4 Å². The minimum Gasteiger partial charge on any atom is -0.353 e. The Kier molecular flexibility index (Phi) is 4.68. The fraction of sp³-hybridized carbons (Fsp3) is 0.667. The van der Waals surface area contributed by atoms with Crippen LogP contribution in [0.25, 0.3) is 0 Å². The molecule has 1 atom stereocenters. The van der Waals surface area contributed by atoms with Crippen molar-refractivity contribution in [2.45, 2.75) is 81.6 Å². The van der Waals surface area contributed by atoms with Gasteiger partial charge in [-0.25, -0.2) is 0 Å². The maximum atomic E-state index is 12.6. The highest BCUT2D eigenvalue weighted by Gasteiger charge is 2.46. The molecule has 1 aromatic carbocycles. The topological polar surface area (TPSA) is 49.4 Å². The zero-order valence-electron chi connectivity index (χ0n) is 16.8. The van der Waals surface area contributed by atoms with Gasteiger partial charge >= 0.3 is 0 Å². The number of benzene rings is 1. The van der Waals surface area contributed by atoms with Crippen molar-refractivity contribution in [1.82, 2.24) is 10.2 Å². The third-order valence-electron chi connectivity index (χ3n) is 7.74. The SMILES string of the molecule is O=C(C[C@@H]1CC2(CCN(C(=O)CC3CC3)CC2)c2ccccc21)NC1CCC1. The van der Waals surface area contributed by atoms with Crippen LogP contribution in [0.3, 0.4) is 0 Å². The van der Waals surface area contributed by atoms with Crippen LogP contribution in [0.1, 0.15) is 81.3 Å². The second-order valence-electron chi connectivity index (χ2n) is 9.70. The van der Waals surface area contributed by atoms with Gasteiger partial charge in [0.2, 0.25) is 11.8 Å². The average molecular weight is 381 g/mol. The minimum atomic E-state index is 0.161. The Hall–Kier alpha value is -1.84. The lowest BCUT2D eigenvalue weighted by atomic mass is 9.73. The highest BCUT2D eigenvalue weighted by Crippen LogP contribution is 2.52. The van der Waals surface area contributed by atoms with Gasteiger partial charge in [-0.3, -0.25) is 9.59 Å². The van der Waals surface area contributed by atoms with E-state index in [2.05, 4.69) is 34.5 Å². The third-order valence-corrected chi connectivity index (χ3v) is 7.74. The van der Waals surface area contributed by atoms with Gasteiger partial charge in [-0.1, -0.05) is 24.3 Å². The van der Waals surface area contributed by atoms with E-state index in [1.54, 1.807) is 0 Å². The molecular weight excluding hydrogens is 348 g/mol. The van der Waals surface area contributed by atoms with E-state index in [4.69, 9.17) is 0 Å². The number of piperidine rings is 1. The fourth-order valence-corrected chi connectivity index (χ4v) is 5.63. The number of hydrogen-bond donors (Lipinski definition) is 1. The molecule has 1 saturated heterocycles. The number of amides is 2. The molecule has 3 aliphatic carbocycles. The summed E-state index contributed by atoms with van der Waals surface area (Å²) in [6.07, 6.45) is 10.5. The molecule has 0 bridgehead atoms. The number of likely N-dealkylation sites (tertiary alicyclic amines) is 1. The molecule has 4 heteroatoms. The smallest absolute Gasteiger partial charge is 0.222 e. The van der Waals surface area contributed by atoms with Crippen molar-refractivity contribution in [3.8, 4) is 0 Å². The molecule has 4 aliphatic rings. The van der Waals surface area contributed by atoms with E-state index >= 15 is 0 Å². The summed E-state index contributed by atoms with van der Waals surface area (Å²) in [5.74, 6) is 1.57. The monoisotopic (exact) mass is 380 g/mol. The molecule has 0 aromatic heterocycles. The number of nitrogens with one attached hydrogen (secondary N) is 1. The number of rotatable bonds is 5. The quantitative estimate of drug-likeness (QED) is 0.842. The Labute approximate surface area is 168 Å². The molecule has 0 radical (unpaired) electrons. The van der Waals surface area contributed by atoms with Crippen molar-refractivity contribution in [3.05, 3.63) is 35.4 Å². The van der Waals surface area contributed by atoms with Crippen LogP contribution in [0.15, 0.2) is 24.3 Å². The van der Waals surface area contributed by atoms with Crippen molar-refractivity contribution in [2.75, 3.05) is 13.1 Å². The highest BCUT2D eigenvalue weighted by atomic mass is 16.2. The van der Waals surface area contributed by atoms with E-state index in [1.807, 2.05) is 0 Å². The first-order valence-electron chi connectivity index (χ1n) is 11.3. The van der Waals surface area contributed by atoms with E-state index in [9.17, 15) is 9.59 Å². The van der Waals surface area contributed by atoms with Gasteiger partial charge in [0, 0.05) is 32.0 Å². The molecule has 5 rings (SSSR count). The van der Waals surface area contributed by atoms with Gasteiger partial charge in [0.15, 0.2) is 0 Å². The highest BCUT2D eigenvalue weighted by molar-refractivity contribution is 5.78. The fourth-order valence-electron chi connectivity index (χ4n) is 5.63. The molecule has 0 unspecified atom stereocenters. The second kappa shape index (κ2) is 7.20. The van der Waals surface area contributed by atoms with E-state index in [0.717, 1.165) is 51.6 Å². The van der Waals surface area contributed by atoms with Gasteiger partial charge in [-0.05, 0) is 79.7 Å². The summed E-state index contributed by atoms with van der Waals surface area (Å²) in [6, 6.07) is 9.18. The van der Waals surface area contributed by atoms with Gasteiger partial charge in [0.25, 0.3) is 0 Å². The zero-order chi connectivity index (χ0) is 19.1. The summed E-state index contributed by atoms with van der Waals surface area (Å²) in [5, 5.41) is 3.22. The van der Waals surface area contributed by atoms with E-state index in [0.29, 0.717) is 30.2 Å². The van der Waals surface area contributed by atoms with Gasteiger partial charge in [0.05, 0.1) is 0 Å². The lowest BCUT2D eigenvalue weighted by Crippen LogP contribution is -2.44. The number of fused-ring (bicyclic) bond motifs is 2. The molecule has 28 heavy (non-hydrogen) atoms. The number of carbonyl (C=O) groups excluding carboxylic acids is 2. The van der Waals surface area contributed by atoms with Crippen LogP contribution in [0.5, 0.6) is 0 Å². The van der Waals surface area contributed by atoms with Crippen molar-refractivity contribution in [3.63, 3.8) is 0 Å². The van der Waals surface area contributed by atoms with Crippen molar-refractivity contribution >= 4 is 11.8 Å². The van der Waals surface area contributed by atoms with Gasteiger partial charge in [0.1, 0.15) is 0 Å². The molecule has 1 heterocycles. The lowest BCUT2D eigenvalue weighted by Gasteiger charge is -2.40. The molecule has 2 saturated carbocycles. The molecule has 150 valence electrons. The zero-order valence-corrected chi connectivity index (χ0v) is 16.8. The largest absolute Gasteiger partial charge is 0.353 e. The molecule has 4 nitrogen and oxygen atoms in total. The van der Waals surface area contributed by atoms with Gasteiger partial charge < -0.3 is 10.2 Å². The van der Waals surface area contributed by atoms with Crippen LogP contribution in [0.4, 0.5) is 0 Å². The van der Waals surface area contributed by atoms with Crippen LogP contribution in [-0.2, 0) is 15.0 Å². The summed E-state index contributed by atoms with van der Waals surface area (Å²) >= 11 is 0. The van der Waals surface area contributed by atoms with Crippen molar-refractivity contribution in [2.24, 2.45) is 5.92 Å². The van der Waals surface area contributed by atoms with Crippen LogP contribution in [-0.4, -0.2) is 35.8 Å². The first-order valence-corrected chi connectivity index (χ1v) is 11.3. The summed E-state index contributed by atoms with van der Waals surface area (Å²) in [6.45, 7) is 1.75. The molecule has 1 aliphatic heterocycles. The average Bonchev–Trinajstić information content (AvgIpc) is 3.44. The molecule has 1 spiro atoms. The molecule has 2 amide bonds. The van der Waals surface area contributed by atoms with Crippen LogP contribution in [0, 0.1) is 5.92 Å². The van der Waals surface area contributed by atoms with Crippen molar-refractivity contribution < 1.29 is 9.59 Å². The van der Waals surface area contributed by atoms with Crippen molar-refractivity contribution in [1.29, 1.82) is 0 Å². The molecular formula is C24H32N2O2. The Balaban J connectivity index is 1.26. The van der Waals surface area contributed by atoms with Crippen LogP contribution < -0.4 is 5.32 Å². The minimum absolute atomic E-state index is 0.161. The maximum Gasteiger partial charge on any atom is 0.222 e. The molecule has 3 fully saturated rings. The summed E-state index contributed by atoms with van der Waals surface area (Å²) < 4.78 is 0. The Morgan fingerprint density at radius 2 is 1.79 bits per heavy atom. The first-order chi connectivity index (χ1) is 13.6. The number of hydrogen-bond acceptors (Lipinski definition) is 2. The van der Waals surface area contributed by atoms with Crippen LogP contribution >= 0.6 is 0 Å². The standard InChI is InChI=1S/C24H32N2O2/c27-22(25-19-4-3-5-19)15-18-16-24(21-7-2-1-6-20(18)21)10-12-26(13-11-24)23(28)14-17-8-9-17/h1-2,6-7,17-19H,3-5,8-16H2,(H,25,27)/t18-/m1/s1. The normalized spacial score (nSPS) is 26.0. The molecule has 1 N–H and O–H groups in total. The number of carbonyl (C=O) groups is 2. The predicted molar refractivity (Wildman–Crippen MR) is 109 cm³/mol. The lowest BCUT2D eigenvalue weighted by molar-refractivity contribution is -0.133.